The highest BCUT2D eigenvalue weighted by molar-refractivity contribution is 5.25. The largest absolute Gasteiger partial charge is 0.374 e. The van der Waals surface area contributed by atoms with Gasteiger partial charge in [-0.1, -0.05) is 6.92 Å². The third kappa shape index (κ3) is 3.07. The lowest BCUT2D eigenvalue weighted by Gasteiger charge is -2.36. The number of pyridine rings is 1. The van der Waals surface area contributed by atoms with Crippen molar-refractivity contribution in [1.82, 2.24) is 9.88 Å². The van der Waals surface area contributed by atoms with Crippen molar-refractivity contribution in [2.75, 3.05) is 26.2 Å². The molecule has 1 aliphatic rings. The van der Waals surface area contributed by atoms with Gasteiger partial charge in [0.15, 0.2) is 0 Å². The van der Waals surface area contributed by atoms with Crippen LogP contribution in [0.3, 0.4) is 0 Å². The molecular formula is C14H23N3O. The minimum atomic E-state index is -0.0849. The SMILES string of the molecule is CCCN1CCOC(C(N)c2cnccc2C)C1. The summed E-state index contributed by atoms with van der Waals surface area (Å²) in [6, 6.07) is 1.92. The fourth-order valence-corrected chi connectivity index (χ4v) is 2.49. The van der Waals surface area contributed by atoms with Gasteiger partial charge in [-0.3, -0.25) is 9.88 Å². The number of ether oxygens (including phenoxy) is 1. The van der Waals surface area contributed by atoms with Crippen LogP contribution >= 0.6 is 0 Å². The molecule has 1 aliphatic heterocycles. The van der Waals surface area contributed by atoms with Gasteiger partial charge in [0.05, 0.1) is 18.8 Å². The van der Waals surface area contributed by atoms with Crippen LogP contribution in [0.25, 0.3) is 0 Å². The molecule has 4 heteroatoms. The smallest absolute Gasteiger partial charge is 0.0895 e. The molecule has 0 bridgehead atoms. The summed E-state index contributed by atoms with van der Waals surface area (Å²) in [4.78, 5) is 6.60. The number of nitrogens with two attached hydrogens (primary N) is 1. The summed E-state index contributed by atoms with van der Waals surface area (Å²) < 4.78 is 5.83. The van der Waals surface area contributed by atoms with E-state index in [2.05, 4.69) is 23.7 Å². The number of hydrogen-bond acceptors (Lipinski definition) is 4. The van der Waals surface area contributed by atoms with Crippen molar-refractivity contribution >= 4 is 0 Å². The highest BCUT2D eigenvalue weighted by Crippen LogP contribution is 2.22. The molecule has 0 aromatic carbocycles. The molecular weight excluding hydrogens is 226 g/mol. The van der Waals surface area contributed by atoms with Crippen LogP contribution in [0.1, 0.15) is 30.5 Å². The Morgan fingerprint density at radius 1 is 1.61 bits per heavy atom. The van der Waals surface area contributed by atoms with Gasteiger partial charge in [-0.25, -0.2) is 0 Å². The van der Waals surface area contributed by atoms with E-state index < -0.39 is 0 Å². The minimum absolute atomic E-state index is 0.0770. The van der Waals surface area contributed by atoms with Gasteiger partial charge in [-0.15, -0.1) is 0 Å². The van der Waals surface area contributed by atoms with Crippen molar-refractivity contribution in [3.63, 3.8) is 0 Å². The molecule has 1 saturated heterocycles. The van der Waals surface area contributed by atoms with Crippen molar-refractivity contribution in [2.24, 2.45) is 5.73 Å². The van der Waals surface area contributed by atoms with Gasteiger partial charge in [0.1, 0.15) is 0 Å². The van der Waals surface area contributed by atoms with E-state index in [0.29, 0.717) is 0 Å². The molecule has 0 radical (unpaired) electrons. The van der Waals surface area contributed by atoms with Gasteiger partial charge in [0.25, 0.3) is 0 Å². The van der Waals surface area contributed by atoms with E-state index >= 15 is 0 Å². The number of aryl methyl sites for hydroxylation is 1. The van der Waals surface area contributed by atoms with Gasteiger partial charge in [0.2, 0.25) is 0 Å². The molecule has 2 N–H and O–H groups in total. The summed E-state index contributed by atoms with van der Waals surface area (Å²) in [5.41, 5.74) is 8.62. The standard InChI is InChI=1S/C14H23N3O/c1-3-6-17-7-8-18-13(10-17)14(15)12-9-16-5-4-11(12)2/h4-5,9,13-14H,3,6-8,10,15H2,1-2H3. The van der Waals surface area contributed by atoms with Gasteiger partial charge in [0, 0.05) is 25.5 Å². The zero-order valence-corrected chi connectivity index (χ0v) is 11.3. The molecule has 0 amide bonds. The predicted octanol–water partition coefficient (Wildman–Crippen LogP) is 1.50. The molecule has 2 atom stereocenters. The Labute approximate surface area is 109 Å². The van der Waals surface area contributed by atoms with Gasteiger partial charge >= 0.3 is 0 Å². The topological polar surface area (TPSA) is 51.4 Å². The van der Waals surface area contributed by atoms with Gasteiger partial charge in [-0.2, -0.15) is 0 Å². The quantitative estimate of drug-likeness (QED) is 0.878. The Hall–Kier alpha value is -0.970. The molecule has 100 valence electrons. The Kier molecular flexibility index (Phi) is 4.69. The van der Waals surface area contributed by atoms with E-state index in [-0.39, 0.29) is 12.1 Å². The Morgan fingerprint density at radius 3 is 3.17 bits per heavy atom. The summed E-state index contributed by atoms with van der Waals surface area (Å²) in [6.45, 7) is 8.11. The number of aromatic nitrogens is 1. The van der Waals surface area contributed by atoms with E-state index in [0.717, 1.165) is 31.8 Å². The third-order valence-corrected chi connectivity index (χ3v) is 3.56. The maximum Gasteiger partial charge on any atom is 0.0895 e. The van der Waals surface area contributed by atoms with Gasteiger partial charge < -0.3 is 10.5 Å². The molecule has 0 aliphatic carbocycles. The molecule has 1 aromatic heterocycles. The Morgan fingerprint density at radius 2 is 2.44 bits per heavy atom. The molecule has 2 unspecified atom stereocenters. The summed E-state index contributed by atoms with van der Waals surface area (Å²) in [7, 11) is 0. The first-order valence-corrected chi connectivity index (χ1v) is 6.72. The lowest BCUT2D eigenvalue weighted by molar-refractivity contribution is -0.0409. The van der Waals surface area contributed by atoms with E-state index in [1.165, 1.54) is 12.0 Å². The lowest BCUT2D eigenvalue weighted by Crippen LogP contribution is -2.47. The minimum Gasteiger partial charge on any atom is -0.374 e. The van der Waals surface area contributed by atoms with E-state index in [1.54, 1.807) is 6.20 Å². The molecule has 4 nitrogen and oxygen atoms in total. The van der Waals surface area contributed by atoms with Crippen LogP contribution in [0, 0.1) is 6.92 Å². The molecule has 2 rings (SSSR count). The van der Waals surface area contributed by atoms with Crippen LogP contribution in [-0.2, 0) is 4.74 Å². The van der Waals surface area contributed by atoms with E-state index in [1.807, 2.05) is 12.3 Å². The monoisotopic (exact) mass is 249 g/mol. The third-order valence-electron chi connectivity index (χ3n) is 3.56. The van der Waals surface area contributed by atoms with E-state index in [4.69, 9.17) is 10.5 Å². The Balaban J connectivity index is 2.04. The molecule has 1 aromatic rings. The second-order valence-corrected chi connectivity index (χ2v) is 4.97. The van der Waals surface area contributed by atoms with Crippen molar-refractivity contribution in [1.29, 1.82) is 0 Å². The first-order chi connectivity index (χ1) is 8.72. The number of rotatable bonds is 4. The van der Waals surface area contributed by atoms with Crippen LogP contribution in [0.2, 0.25) is 0 Å². The predicted molar refractivity (Wildman–Crippen MR) is 72.4 cm³/mol. The number of nitrogens with zero attached hydrogens (tertiary/aromatic N) is 2. The summed E-state index contributed by atoms with van der Waals surface area (Å²) in [6.07, 6.45) is 4.92. The van der Waals surface area contributed by atoms with Crippen LogP contribution in [0.15, 0.2) is 18.5 Å². The van der Waals surface area contributed by atoms with Crippen molar-refractivity contribution in [3.05, 3.63) is 29.6 Å². The summed E-state index contributed by atoms with van der Waals surface area (Å²) in [5.74, 6) is 0. The average Bonchev–Trinajstić information content (AvgIpc) is 2.39. The second-order valence-electron chi connectivity index (χ2n) is 4.97. The van der Waals surface area contributed by atoms with Crippen molar-refractivity contribution in [2.45, 2.75) is 32.4 Å². The van der Waals surface area contributed by atoms with Crippen LogP contribution in [0.4, 0.5) is 0 Å². The fourth-order valence-electron chi connectivity index (χ4n) is 2.49. The summed E-state index contributed by atoms with van der Waals surface area (Å²) >= 11 is 0. The first kappa shape index (κ1) is 13.5. The average molecular weight is 249 g/mol. The van der Waals surface area contributed by atoms with Crippen molar-refractivity contribution in [3.8, 4) is 0 Å². The number of hydrogen-bond donors (Lipinski definition) is 1. The maximum atomic E-state index is 6.34. The number of morpholine rings is 1. The highest BCUT2D eigenvalue weighted by Gasteiger charge is 2.27. The summed E-state index contributed by atoms with van der Waals surface area (Å²) in [5, 5.41) is 0. The lowest BCUT2D eigenvalue weighted by atomic mass is 9.99. The molecule has 0 spiro atoms. The van der Waals surface area contributed by atoms with E-state index in [9.17, 15) is 0 Å². The Bertz CT molecular complexity index is 381. The van der Waals surface area contributed by atoms with Crippen LogP contribution < -0.4 is 5.73 Å². The normalized spacial score (nSPS) is 22.9. The molecule has 0 saturated carbocycles. The maximum absolute atomic E-state index is 6.34. The highest BCUT2D eigenvalue weighted by atomic mass is 16.5. The zero-order valence-electron chi connectivity index (χ0n) is 11.3. The first-order valence-electron chi connectivity index (χ1n) is 6.72. The zero-order chi connectivity index (χ0) is 13.0. The van der Waals surface area contributed by atoms with Crippen LogP contribution in [0.5, 0.6) is 0 Å². The van der Waals surface area contributed by atoms with Crippen LogP contribution in [-0.4, -0.2) is 42.2 Å². The second kappa shape index (κ2) is 6.27. The molecule has 1 fully saturated rings. The van der Waals surface area contributed by atoms with Crippen molar-refractivity contribution < 1.29 is 4.74 Å². The molecule has 2 heterocycles. The van der Waals surface area contributed by atoms with Gasteiger partial charge in [-0.05, 0) is 37.1 Å². The molecule has 18 heavy (non-hydrogen) atoms. The fraction of sp³-hybridized carbons (Fsp3) is 0.643.